The summed E-state index contributed by atoms with van der Waals surface area (Å²) >= 11 is 0. The molecule has 2 aromatic heterocycles. The molecule has 5 heterocycles. The predicted molar refractivity (Wildman–Crippen MR) is 82.3 cm³/mol. The molecule has 1 atom stereocenters. The Kier molecular flexibility index (Phi) is 3.61. The Hall–Kier alpha value is -2.21. The number of halogens is 1. The minimum absolute atomic E-state index is 0.186. The summed E-state index contributed by atoms with van der Waals surface area (Å²) in [7, 11) is 0. The number of amides is 1. The molecule has 0 unspecified atom stereocenters. The van der Waals surface area contributed by atoms with E-state index in [1.54, 1.807) is 24.3 Å². The minimum atomic E-state index is -0.572. The largest absolute Gasteiger partial charge is 0.449 e. The normalized spacial score (nSPS) is 26.2. The number of carbonyl (C=O) groups excluding carboxylic acids is 1. The second-order valence-corrected chi connectivity index (χ2v) is 6.23. The van der Waals surface area contributed by atoms with Crippen LogP contribution in [-0.4, -0.2) is 41.5 Å². The van der Waals surface area contributed by atoms with Gasteiger partial charge < -0.3 is 14.6 Å². The van der Waals surface area contributed by atoms with Gasteiger partial charge in [0, 0.05) is 12.6 Å². The van der Waals surface area contributed by atoms with Crippen LogP contribution in [0.3, 0.4) is 0 Å². The summed E-state index contributed by atoms with van der Waals surface area (Å²) < 4.78 is 18.7. The molecule has 23 heavy (non-hydrogen) atoms. The van der Waals surface area contributed by atoms with Crippen LogP contribution >= 0.6 is 0 Å². The quantitative estimate of drug-likeness (QED) is 0.883. The summed E-state index contributed by atoms with van der Waals surface area (Å²) in [5.74, 6) is 0.401. The van der Waals surface area contributed by atoms with Crippen molar-refractivity contribution in [3.8, 4) is 11.5 Å². The highest BCUT2D eigenvalue weighted by atomic mass is 19.1. The smallest absolute Gasteiger partial charge is 0.287 e. The first kappa shape index (κ1) is 14.4. The van der Waals surface area contributed by atoms with Crippen molar-refractivity contribution in [2.24, 2.45) is 5.92 Å². The summed E-state index contributed by atoms with van der Waals surface area (Å²) in [5, 5.41) is 3.07. The molecule has 0 saturated carbocycles. The zero-order valence-corrected chi connectivity index (χ0v) is 12.7. The number of carbonyl (C=O) groups is 1. The molecule has 3 saturated heterocycles. The molecule has 1 N–H and O–H groups in total. The molecule has 0 radical (unpaired) electrons. The number of piperidine rings is 3. The van der Waals surface area contributed by atoms with Gasteiger partial charge in [0.05, 0.1) is 0 Å². The van der Waals surface area contributed by atoms with E-state index in [4.69, 9.17) is 4.42 Å². The van der Waals surface area contributed by atoms with E-state index in [1.165, 1.54) is 6.07 Å². The number of pyridine rings is 1. The van der Waals surface area contributed by atoms with Crippen molar-refractivity contribution < 1.29 is 13.6 Å². The Balaban J connectivity index is 1.47. The highest BCUT2D eigenvalue weighted by molar-refractivity contribution is 5.92. The Morgan fingerprint density at radius 1 is 1.26 bits per heavy atom. The van der Waals surface area contributed by atoms with Gasteiger partial charge in [0.15, 0.2) is 11.5 Å². The molecule has 3 aliphatic heterocycles. The van der Waals surface area contributed by atoms with Crippen molar-refractivity contribution in [3.05, 3.63) is 42.0 Å². The van der Waals surface area contributed by atoms with E-state index in [9.17, 15) is 9.18 Å². The number of nitrogens with one attached hydrogen (secondary N) is 1. The van der Waals surface area contributed by atoms with Crippen molar-refractivity contribution in [1.82, 2.24) is 15.2 Å². The Morgan fingerprint density at radius 3 is 2.78 bits per heavy atom. The molecule has 2 aromatic rings. The van der Waals surface area contributed by atoms with Gasteiger partial charge >= 0.3 is 0 Å². The van der Waals surface area contributed by atoms with E-state index in [-0.39, 0.29) is 17.7 Å². The van der Waals surface area contributed by atoms with Crippen LogP contribution in [-0.2, 0) is 0 Å². The fraction of sp³-hybridized carbons (Fsp3) is 0.412. The highest BCUT2D eigenvalue weighted by Gasteiger charge is 2.35. The summed E-state index contributed by atoms with van der Waals surface area (Å²) in [6, 6.07) is 7.93. The zero-order chi connectivity index (χ0) is 15.8. The lowest BCUT2D eigenvalue weighted by Gasteiger charge is -2.44. The molecular weight excluding hydrogens is 297 g/mol. The van der Waals surface area contributed by atoms with Gasteiger partial charge in [-0.3, -0.25) is 4.79 Å². The Labute approximate surface area is 133 Å². The SMILES string of the molecule is O=C(N[C@H]1CN2CCC1CC2)c1ccc(-c2cccc(F)n2)o1. The van der Waals surface area contributed by atoms with Crippen LogP contribution in [0.2, 0.25) is 0 Å². The predicted octanol–water partition coefficient (Wildman–Crippen LogP) is 2.30. The van der Waals surface area contributed by atoms with Gasteiger partial charge in [-0.25, -0.2) is 4.98 Å². The standard InChI is InChI=1S/C17H18FN3O2/c18-16-3-1-2-12(19-16)14-4-5-15(23-14)17(22)20-13-10-21-8-6-11(13)7-9-21/h1-5,11,13H,6-10H2,(H,20,22)/t13-/m0/s1. The van der Waals surface area contributed by atoms with Crippen molar-refractivity contribution in [1.29, 1.82) is 0 Å². The average molecular weight is 315 g/mol. The van der Waals surface area contributed by atoms with E-state index in [2.05, 4.69) is 15.2 Å². The van der Waals surface area contributed by atoms with Gasteiger partial charge in [0.25, 0.3) is 5.91 Å². The lowest BCUT2D eigenvalue weighted by molar-refractivity contribution is 0.0606. The third-order valence-corrected chi connectivity index (χ3v) is 4.77. The first-order valence-electron chi connectivity index (χ1n) is 7.95. The third kappa shape index (κ3) is 2.86. The number of furan rings is 1. The molecule has 6 heteroatoms. The lowest BCUT2D eigenvalue weighted by Crippen LogP contribution is -2.57. The minimum Gasteiger partial charge on any atom is -0.449 e. The first-order chi connectivity index (χ1) is 11.2. The molecule has 3 aliphatic rings. The van der Waals surface area contributed by atoms with Gasteiger partial charge in [-0.2, -0.15) is 4.39 Å². The fourth-order valence-electron chi connectivity index (χ4n) is 3.51. The van der Waals surface area contributed by atoms with Crippen LogP contribution in [0.15, 0.2) is 34.7 Å². The van der Waals surface area contributed by atoms with Crippen LogP contribution in [0.4, 0.5) is 4.39 Å². The Morgan fingerprint density at radius 2 is 2.09 bits per heavy atom. The highest BCUT2D eigenvalue weighted by Crippen LogP contribution is 2.28. The van der Waals surface area contributed by atoms with Crippen LogP contribution in [0.25, 0.3) is 11.5 Å². The van der Waals surface area contributed by atoms with E-state index in [1.807, 2.05) is 0 Å². The van der Waals surface area contributed by atoms with Crippen LogP contribution in [0.5, 0.6) is 0 Å². The van der Waals surface area contributed by atoms with Crippen LogP contribution in [0, 0.1) is 11.9 Å². The molecule has 0 aliphatic carbocycles. The van der Waals surface area contributed by atoms with Gasteiger partial charge in [0.1, 0.15) is 5.69 Å². The molecule has 3 fully saturated rings. The number of hydrogen-bond acceptors (Lipinski definition) is 4. The molecule has 5 rings (SSSR count). The summed E-state index contributed by atoms with van der Waals surface area (Å²) in [6.07, 6.45) is 2.28. The van der Waals surface area contributed by atoms with Crippen molar-refractivity contribution in [3.63, 3.8) is 0 Å². The molecule has 0 aromatic carbocycles. The third-order valence-electron chi connectivity index (χ3n) is 4.77. The second-order valence-electron chi connectivity index (χ2n) is 6.23. The van der Waals surface area contributed by atoms with Gasteiger partial charge in [0.2, 0.25) is 5.95 Å². The molecule has 1 amide bonds. The lowest BCUT2D eigenvalue weighted by atomic mass is 9.84. The molecule has 2 bridgehead atoms. The van der Waals surface area contributed by atoms with Gasteiger partial charge in [-0.15, -0.1) is 0 Å². The summed E-state index contributed by atoms with van der Waals surface area (Å²) in [6.45, 7) is 3.18. The van der Waals surface area contributed by atoms with Crippen molar-refractivity contribution in [2.75, 3.05) is 19.6 Å². The number of hydrogen-bond donors (Lipinski definition) is 1. The number of nitrogens with zero attached hydrogens (tertiary/aromatic N) is 2. The maximum Gasteiger partial charge on any atom is 0.287 e. The van der Waals surface area contributed by atoms with Crippen LogP contribution in [0.1, 0.15) is 23.4 Å². The first-order valence-corrected chi connectivity index (χ1v) is 7.95. The summed E-state index contributed by atoms with van der Waals surface area (Å²) in [5.41, 5.74) is 0.381. The maximum absolute atomic E-state index is 13.2. The molecule has 5 nitrogen and oxygen atoms in total. The number of rotatable bonds is 3. The van der Waals surface area contributed by atoms with Crippen molar-refractivity contribution >= 4 is 5.91 Å². The van der Waals surface area contributed by atoms with E-state index < -0.39 is 5.95 Å². The Bertz CT molecular complexity index is 722. The average Bonchev–Trinajstić information content (AvgIpc) is 3.06. The fourth-order valence-corrected chi connectivity index (χ4v) is 3.51. The van der Waals surface area contributed by atoms with E-state index in [0.29, 0.717) is 17.4 Å². The monoisotopic (exact) mass is 315 g/mol. The zero-order valence-electron chi connectivity index (χ0n) is 12.7. The molecular formula is C17H18FN3O2. The summed E-state index contributed by atoms with van der Waals surface area (Å²) in [4.78, 5) is 18.5. The molecule has 120 valence electrons. The van der Waals surface area contributed by atoms with Crippen molar-refractivity contribution in [2.45, 2.75) is 18.9 Å². The molecule has 0 spiro atoms. The topological polar surface area (TPSA) is 58.4 Å². The van der Waals surface area contributed by atoms with Gasteiger partial charge in [-0.1, -0.05) is 6.07 Å². The second kappa shape index (κ2) is 5.77. The maximum atomic E-state index is 13.2. The van der Waals surface area contributed by atoms with E-state index in [0.717, 1.165) is 32.5 Å². The number of fused-ring (bicyclic) bond motifs is 3. The number of aromatic nitrogens is 1. The van der Waals surface area contributed by atoms with E-state index >= 15 is 0 Å². The van der Waals surface area contributed by atoms with Gasteiger partial charge in [-0.05, 0) is 56.1 Å². The van der Waals surface area contributed by atoms with Crippen LogP contribution < -0.4 is 5.32 Å².